The Kier molecular flexibility index (Phi) is 8.46. The molecule has 0 unspecified atom stereocenters. The summed E-state index contributed by atoms with van der Waals surface area (Å²) in [4.78, 5) is 23.9. The molecule has 166 valence electrons. The number of amides is 1. The van der Waals surface area contributed by atoms with Crippen molar-refractivity contribution >= 4 is 23.3 Å². The third kappa shape index (κ3) is 6.55. The van der Waals surface area contributed by atoms with Crippen molar-refractivity contribution in [2.45, 2.75) is 52.4 Å². The minimum absolute atomic E-state index is 0.199. The van der Waals surface area contributed by atoms with E-state index in [2.05, 4.69) is 37.7 Å². The van der Waals surface area contributed by atoms with Crippen LogP contribution in [0.25, 0.3) is 11.5 Å². The number of benzene rings is 1. The van der Waals surface area contributed by atoms with Crippen molar-refractivity contribution in [2.75, 3.05) is 18.4 Å². The maximum Gasteiger partial charge on any atom is 0.271 e. The number of halogens is 1. The molecule has 1 aromatic carbocycles. The summed E-state index contributed by atoms with van der Waals surface area (Å²) >= 11 is 5.95. The summed E-state index contributed by atoms with van der Waals surface area (Å²) in [6.45, 7) is 5.45. The molecule has 0 radical (unpaired) electrons. The molecule has 0 aliphatic carbocycles. The number of hydrogen-bond donors (Lipinski definition) is 3. The fraction of sp³-hybridized carbons (Fsp3) is 0.455. The number of carbonyl (C=O) groups is 1. The van der Waals surface area contributed by atoms with E-state index in [1.165, 1.54) is 0 Å². The summed E-state index contributed by atoms with van der Waals surface area (Å²) in [5.41, 5.74) is 2.41. The monoisotopic (exact) mass is 444 g/mol. The number of imidazole rings is 1. The molecule has 0 aliphatic rings. The molecule has 3 aromatic rings. The third-order valence-corrected chi connectivity index (χ3v) is 5.11. The molecule has 2 heterocycles. The molecule has 0 saturated carbocycles. The Morgan fingerprint density at radius 2 is 1.94 bits per heavy atom. The fourth-order valence-corrected chi connectivity index (χ4v) is 3.37. The van der Waals surface area contributed by atoms with Crippen LogP contribution in [-0.2, 0) is 6.42 Å². The van der Waals surface area contributed by atoms with Gasteiger partial charge in [-0.1, -0.05) is 43.1 Å². The van der Waals surface area contributed by atoms with Crippen molar-refractivity contribution in [3.8, 4) is 11.5 Å². The molecule has 3 rings (SSSR count). The first-order valence-corrected chi connectivity index (χ1v) is 11.1. The van der Waals surface area contributed by atoms with E-state index >= 15 is 0 Å². The van der Waals surface area contributed by atoms with Crippen molar-refractivity contribution < 1.29 is 9.32 Å². The molecule has 9 heteroatoms. The van der Waals surface area contributed by atoms with Crippen molar-refractivity contribution in [3.05, 3.63) is 46.6 Å². The molecule has 0 fully saturated rings. The molecule has 31 heavy (non-hydrogen) atoms. The van der Waals surface area contributed by atoms with Crippen molar-refractivity contribution in [2.24, 2.45) is 0 Å². The second-order valence-corrected chi connectivity index (χ2v) is 7.79. The third-order valence-electron chi connectivity index (χ3n) is 4.93. The van der Waals surface area contributed by atoms with Gasteiger partial charge in [0.05, 0.1) is 0 Å². The number of aromatic amines is 1. The largest absolute Gasteiger partial charge is 0.368 e. The van der Waals surface area contributed by atoms with Gasteiger partial charge < -0.3 is 20.1 Å². The van der Waals surface area contributed by atoms with Gasteiger partial charge in [-0.2, -0.15) is 4.98 Å². The first-order chi connectivity index (χ1) is 15.1. The van der Waals surface area contributed by atoms with E-state index < -0.39 is 0 Å². The van der Waals surface area contributed by atoms with Crippen LogP contribution >= 0.6 is 11.6 Å². The van der Waals surface area contributed by atoms with Gasteiger partial charge in [-0.3, -0.25) is 4.79 Å². The lowest BCUT2D eigenvalue weighted by Gasteiger charge is -2.07. The van der Waals surface area contributed by atoms with Gasteiger partial charge in [0.1, 0.15) is 5.69 Å². The Labute approximate surface area is 187 Å². The molecule has 8 nitrogen and oxygen atoms in total. The van der Waals surface area contributed by atoms with Gasteiger partial charge in [0, 0.05) is 25.1 Å². The van der Waals surface area contributed by atoms with Crippen molar-refractivity contribution in [1.82, 2.24) is 25.4 Å². The van der Waals surface area contributed by atoms with E-state index in [1.807, 2.05) is 31.2 Å². The Hall–Kier alpha value is -2.87. The molecule has 0 aliphatic heterocycles. The van der Waals surface area contributed by atoms with Crippen LogP contribution in [0.2, 0.25) is 5.28 Å². The number of hydrogen-bond acceptors (Lipinski definition) is 6. The Bertz CT molecular complexity index is 984. The highest BCUT2D eigenvalue weighted by Crippen LogP contribution is 2.21. The lowest BCUT2D eigenvalue weighted by molar-refractivity contribution is 0.0949. The Balaban J connectivity index is 1.41. The predicted molar refractivity (Wildman–Crippen MR) is 121 cm³/mol. The molecule has 0 atom stereocenters. The number of unbranched alkanes of at least 4 members (excludes halogenated alkanes) is 3. The second-order valence-electron chi connectivity index (χ2n) is 7.43. The van der Waals surface area contributed by atoms with E-state index in [0.717, 1.165) is 49.8 Å². The van der Waals surface area contributed by atoms with Crippen LogP contribution in [0.15, 0.2) is 28.8 Å². The zero-order valence-corrected chi connectivity index (χ0v) is 18.8. The minimum Gasteiger partial charge on any atom is -0.368 e. The van der Waals surface area contributed by atoms with Crippen LogP contribution in [0.5, 0.6) is 0 Å². The number of H-pyrrole nitrogens is 1. The fourth-order valence-electron chi connectivity index (χ4n) is 3.19. The smallest absolute Gasteiger partial charge is 0.271 e. The molecule has 0 bridgehead atoms. The van der Waals surface area contributed by atoms with Gasteiger partial charge in [0.15, 0.2) is 11.6 Å². The van der Waals surface area contributed by atoms with Gasteiger partial charge in [0.25, 0.3) is 11.8 Å². The van der Waals surface area contributed by atoms with Gasteiger partial charge in [-0.15, -0.1) is 0 Å². The molecule has 3 N–H and O–H groups in total. The van der Waals surface area contributed by atoms with E-state index in [0.29, 0.717) is 36.2 Å². The summed E-state index contributed by atoms with van der Waals surface area (Å²) in [6, 6.07) is 7.92. The van der Waals surface area contributed by atoms with Crippen LogP contribution in [0, 0.1) is 6.92 Å². The normalized spacial score (nSPS) is 10.9. The van der Waals surface area contributed by atoms with Crippen molar-refractivity contribution in [3.63, 3.8) is 0 Å². The zero-order valence-electron chi connectivity index (χ0n) is 18.0. The first-order valence-electron chi connectivity index (χ1n) is 10.7. The van der Waals surface area contributed by atoms with Gasteiger partial charge in [-0.05, 0) is 49.4 Å². The lowest BCUT2D eigenvalue weighted by Crippen LogP contribution is -2.26. The number of nitrogens with zero attached hydrogens (tertiary/aromatic N) is 3. The van der Waals surface area contributed by atoms with Crippen molar-refractivity contribution in [1.29, 1.82) is 0 Å². The summed E-state index contributed by atoms with van der Waals surface area (Å²) in [5.74, 6) is 1.48. The summed E-state index contributed by atoms with van der Waals surface area (Å²) < 4.78 is 5.39. The maximum absolute atomic E-state index is 12.5. The van der Waals surface area contributed by atoms with Crippen LogP contribution in [0.4, 0.5) is 5.82 Å². The highest BCUT2D eigenvalue weighted by atomic mass is 35.5. The van der Waals surface area contributed by atoms with E-state index in [-0.39, 0.29) is 11.2 Å². The Morgan fingerprint density at radius 1 is 1.13 bits per heavy atom. The number of aromatic nitrogens is 4. The lowest BCUT2D eigenvalue weighted by atomic mass is 10.1. The van der Waals surface area contributed by atoms with Crippen LogP contribution < -0.4 is 10.6 Å². The SMILES string of the molecule is CCCCCNc1nc(Cl)[nH]c1C(=O)NCCCCc1noc(-c2ccccc2C)n1. The van der Waals surface area contributed by atoms with E-state index in [1.54, 1.807) is 0 Å². The van der Waals surface area contributed by atoms with Crippen LogP contribution in [0.3, 0.4) is 0 Å². The summed E-state index contributed by atoms with van der Waals surface area (Å²) in [5, 5.41) is 10.3. The number of anilines is 1. The van der Waals surface area contributed by atoms with Gasteiger partial charge in [-0.25, -0.2) is 4.98 Å². The number of rotatable bonds is 12. The molecule has 1 amide bonds. The first kappa shape index (κ1) is 22.8. The number of aryl methyl sites for hydroxylation is 2. The average Bonchev–Trinajstić information content (AvgIpc) is 3.38. The zero-order chi connectivity index (χ0) is 22.1. The number of carbonyl (C=O) groups excluding carboxylic acids is 1. The minimum atomic E-state index is -0.223. The highest BCUT2D eigenvalue weighted by Gasteiger charge is 2.16. The van der Waals surface area contributed by atoms with Gasteiger partial charge in [0.2, 0.25) is 5.28 Å². The van der Waals surface area contributed by atoms with Gasteiger partial charge >= 0.3 is 0 Å². The summed E-state index contributed by atoms with van der Waals surface area (Å²) in [7, 11) is 0. The maximum atomic E-state index is 12.5. The molecule has 0 saturated heterocycles. The van der Waals surface area contributed by atoms with E-state index in [4.69, 9.17) is 16.1 Å². The molecule has 2 aromatic heterocycles. The highest BCUT2D eigenvalue weighted by molar-refractivity contribution is 6.28. The Morgan fingerprint density at radius 3 is 2.74 bits per heavy atom. The topological polar surface area (TPSA) is 109 Å². The number of nitrogens with one attached hydrogen (secondary N) is 3. The summed E-state index contributed by atoms with van der Waals surface area (Å²) in [6.07, 6.45) is 5.59. The standard InChI is InChI=1S/C22H29ClN6O2/c1-3-4-8-13-24-19-18(27-22(23)28-19)20(30)25-14-9-7-12-17-26-21(31-29-17)16-11-6-5-10-15(16)2/h5-6,10-11,24H,3-4,7-9,12-14H2,1-2H3,(H,25,30)(H,27,28). The predicted octanol–water partition coefficient (Wildman–Crippen LogP) is 4.78. The van der Waals surface area contributed by atoms with E-state index in [9.17, 15) is 4.79 Å². The molecular formula is C22H29ClN6O2. The molecular weight excluding hydrogens is 416 g/mol. The second kappa shape index (κ2) is 11.5. The average molecular weight is 445 g/mol. The van der Waals surface area contributed by atoms with Crippen LogP contribution in [-0.4, -0.2) is 39.1 Å². The van der Waals surface area contributed by atoms with Crippen LogP contribution in [0.1, 0.15) is 60.9 Å². The quantitative estimate of drug-likeness (QED) is 0.347. The molecule has 0 spiro atoms.